The number of carbonyl (C=O) groups excluding carboxylic acids is 1. The molecule has 20 heavy (non-hydrogen) atoms. The van der Waals surface area contributed by atoms with Gasteiger partial charge in [0.25, 0.3) is 0 Å². The van der Waals surface area contributed by atoms with Crippen LogP contribution in [0.15, 0.2) is 0 Å². The summed E-state index contributed by atoms with van der Waals surface area (Å²) in [4.78, 5) is 14.4. The van der Waals surface area contributed by atoms with E-state index < -0.39 is 0 Å². The normalized spacial score (nSPS) is 27.7. The first-order chi connectivity index (χ1) is 9.76. The van der Waals surface area contributed by atoms with E-state index in [0.29, 0.717) is 12.7 Å². The number of ether oxygens (including phenoxy) is 1. The summed E-state index contributed by atoms with van der Waals surface area (Å²) in [7, 11) is 0. The zero-order valence-electron chi connectivity index (χ0n) is 13.1. The van der Waals surface area contributed by atoms with Gasteiger partial charge in [0, 0.05) is 6.54 Å². The fourth-order valence-electron chi connectivity index (χ4n) is 3.39. The molecular formula is C16H30N2O2. The fraction of sp³-hybridized carbons (Fsp3) is 0.938. The second kappa shape index (κ2) is 7.99. The van der Waals surface area contributed by atoms with Crippen molar-refractivity contribution < 1.29 is 9.53 Å². The molecule has 4 nitrogen and oxygen atoms in total. The Morgan fingerprint density at radius 3 is 2.55 bits per heavy atom. The second-order valence-corrected chi connectivity index (χ2v) is 6.12. The van der Waals surface area contributed by atoms with E-state index in [1.54, 1.807) is 0 Å². The summed E-state index contributed by atoms with van der Waals surface area (Å²) in [5.74, 6) is 0.278. The molecule has 2 rings (SSSR count). The van der Waals surface area contributed by atoms with Crippen LogP contribution in [0.2, 0.25) is 0 Å². The first-order valence-corrected chi connectivity index (χ1v) is 8.44. The zero-order chi connectivity index (χ0) is 14.4. The van der Waals surface area contributed by atoms with Gasteiger partial charge in [0.1, 0.15) is 0 Å². The monoisotopic (exact) mass is 282 g/mol. The molecule has 2 unspecified atom stereocenters. The summed E-state index contributed by atoms with van der Waals surface area (Å²) in [5.41, 5.74) is 0. The van der Waals surface area contributed by atoms with E-state index in [-0.39, 0.29) is 18.1 Å². The lowest BCUT2D eigenvalue weighted by molar-refractivity contribution is -0.131. The van der Waals surface area contributed by atoms with Crippen molar-refractivity contribution in [3.63, 3.8) is 0 Å². The maximum Gasteiger partial charge on any atom is 0.241 e. The maximum absolute atomic E-state index is 12.4. The minimum atomic E-state index is 0.0306. The molecular weight excluding hydrogens is 252 g/mol. The minimum absolute atomic E-state index is 0.0306. The van der Waals surface area contributed by atoms with E-state index in [4.69, 9.17) is 4.74 Å². The Bertz CT molecular complexity index is 303. The van der Waals surface area contributed by atoms with Crippen molar-refractivity contribution in [3.05, 3.63) is 0 Å². The van der Waals surface area contributed by atoms with Gasteiger partial charge in [-0.1, -0.05) is 39.5 Å². The number of hydrogen-bond donors (Lipinski definition) is 1. The molecule has 0 aromatic heterocycles. The topological polar surface area (TPSA) is 41.6 Å². The first-order valence-electron chi connectivity index (χ1n) is 8.44. The number of rotatable bonds is 8. The third kappa shape index (κ3) is 3.95. The van der Waals surface area contributed by atoms with E-state index in [9.17, 15) is 4.79 Å². The van der Waals surface area contributed by atoms with Crippen LogP contribution in [-0.2, 0) is 9.53 Å². The first kappa shape index (κ1) is 15.8. The fourth-order valence-corrected chi connectivity index (χ4v) is 3.39. The van der Waals surface area contributed by atoms with Crippen molar-refractivity contribution in [2.45, 2.75) is 83.5 Å². The van der Waals surface area contributed by atoms with Gasteiger partial charge in [0.2, 0.25) is 5.91 Å². The molecule has 1 aliphatic heterocycles. The predicted molar refractivity (Wildman–Crippen MR) is 80.4 cm³/mol. The summed E-state index contributed by atoms with van der Waals surface area (Å²) in [6.07, 6.45) is 9.78. The molecule has 1 N–H and O–H groups in total. The largest absolute Gasteiger partial charge is 0.376 e. The zero-order valence-corrected chi connectivity index (χ0v) is 13.1. The van der Waals surface area contributed by atoms with E-state index in [2.05, 4.69) is 19.2 Å². The summed E-state index contributed by atoms with van der Waals surface area (Å²) in [5, 5.41) is 3.49. The summed E-state index contributed by atoms with van der Waals surface area (Å²) in [6.45, 7) is 5.74. The van der Waals surface area contributed by atoms with E-state index in [0.717, 1.165) is 32.2 Å². The average Bonchev–Trinajstić information content (AvgIpc) is 3.03. The van der Waals surface area contributed by atoms with Crippen LogP contribution in [-0.4, -0.2) is 42.3 Å². The molecule has 4 heteroatoms. The number of amides is 1. The molecule has 116 valence electrons. The van der Waals surface area contributed by atoms with E-state index in [1.807, 2.05) is 4.90 Å². The molecule has 1 amide bonds. The Hall–Kier alpha value is -0.610. The van der Waals surface area contributed by atoms with Crippen molar-refractivity contribution >= 4 is 5.91 Å². The molecule has 1 saturated carbocycles. The number of hydrogen-bond acceptors (Lipinski definition) is 3. The third-order valence-corrected chi connectivity index (χ3v) is 4.48. The standard InChI is InChI=1S/C16H30N2O2/c1-3-7-14-16(19)18(15(17-14)8-4-2)11-12-20-13-9-5-6-10-13/h13-15,17H,3-12H2,1-2H3. The van der Waals surface area contributed by atoms with Crippen molar-refractivity contribution in [1.82, 2.24) is 10.2 Å². The van der Waals surface area contributed by atoms with Gasteiger partial charge in [-0.05, 0) is 25.7 Å². The van der Waals surface area contributed by atoms with Crippen LogP contribution < -0.4 is 5.32 Å². The quantitative estimate of drug-likeness (QED) is 0.744. The molecule has 0 aromatic rings. The lowest BCUT2D eigenvalue weighted by atomic mass is 10.2. The summed E-state index contributed by atoms with van der Waals surface area (Å²) < 4.78 is 5.91. The number of carbonyl (C=O) groups is 1. The summed E-state index contributed by atoms with van der Waals surface area (Å²) in [6, 6.07) is 0.0306. The van der Waals surface area contributed by atoms with Crippen LogP contribution >= 0.6 is 0 Å². The van der Waals surface area contributed by atoms with E-state index >= 15 is 0 Å². The highest BCUT2D eigenvalue weighted by molar-refractivity contribution is 5.84. The van der Waals surface area contributed by atoms with Gasteiger partial charge < -0.3 is 9.64 Å². The highest BCUT2D eigenvalue weighted by atomic mass is 16.5. The van der Waals surface area contributed by atoms with Crippen LogP contribution in [0.3, 0.4) is 0 Å². The molecule has 0 spiro atoms. The van der Waals surface area contributed by atoms with Gasteiger partial charge in [-0.3, -0.25) is 10.1 Å². The van der Waals surface area contributed by atoms with Gasteiger partial charge >= 0.3 is 0 Å². The van der Waals surface area contributed by atoms with Gasteiger partial charge in [0.15, 0.2) is 0 Å². The van der Waals surface area contributed by atoms with E-state index in [1.165, 1.54) is 25.7 Å². The minimum Gasteiger partial charge on any atom is -0.376 e. The van der Waals surface area contributed by atoms with Crippen LogP contribution in [0.1, 0.15) is 65.2 Å². The molecule has 2 fully saturated rings. The van der Waals surface area contributed by atoms with Crippen LogP contribution in [0.25, 0.3) is 0 Å². The lowest BCUT2D eigenvalue weighted by Crippen LogP contribution is -2.39. The molecule has 1 aliphatic carbocycles. The van der Waals surface area contributed by atoms with Gasteiger partial charge in [-0.2, -0.15) is 0 Å². The average molecular weight is 282 g/mol. The predicted octanol–water partition coefficient (Wildman–Crippen LogP) is 2.67. The van der Waals surface area contributed by atoms with Gasteiger partial charge in [-0.25, -0.2) is 0 Å². The molecule has 0 bridgehead atoms. The lowest BCUT2D eigenvalue weighted by Gasteiger charge is -2.24. The van der Waals surface area contributed by atoms with Gasteiger partial charge in [0.05, 0.1) is 24.9 Å². The van der Waals surface area contributed by atoms with Gasteiger partial charge in [-0.15, -0.1) is 0 Å². The Morgan fingerprint density at radius 1 is 1.20 bits per heavy atom. The Labute approximate surface area is 123 Å². The maximum atomic E-state index is 12.4. The smallest absolute Gasteiger partial charge is 0.241 e. The molecule has 1 heterocycles. The van der Waals surface area contributed by atoms with Crippen molar-refractivity contribution in [1.29, 1.82) is 0 Å². The van der Waals surface area contributed by atoms with Crippen molar-refractivity contribution in [3.8, 4) is 0 Å². The number of nitrogens with zero attached hydrogens (tertiary/aromatic N) is 1. The van der Waals surface area contributed by atoms with Crippen molar-refractivity contribution in [2.75, 3.05) is 13.2 Å². The van der Waals surface area contributed by atoms with Crippen LogP contribution in [0.5, 0.6) is 0 Å². The SMILES string of the molecule is CCCC1NC(CCC)N(CCOC2CCCC2)C1=O. The van der Waals surface area contributed by atoms with Crippen LogP contribution in [0, 0.1) is 0 Å². The number of nitrogens with one attached hydrogen (secondary N) is 1. The third-order valence-electron chi connectivity index (χ3n) is 4.48. The molecule has 2 aliphatic rings. The molecule has 0 radical (unpaired) electrons. The molecule has 1 saturated heterocycles. The Kier molecular flexibility index (Phi) is 6.30. The van der Waals surface area contributed by atoms with Crippen molar-refractivity contribution in [2.24, 2.45) is 0 Å². The highest BCUT2D eigenvalue weighted by Gasteiger charge is 2.37. The Morgan fingerprint density at radius 2 is 1.90 bits per heavy atom. The molecule has 0 aromatic carbocycles. The second-order valence-electron chi connectivity index (χ2n) is 6.12. The highest BCUT2D eigenvalue weighted by Crippen LogP contribution is 2.22. The Balaban J connectivity index is 1.80. The molecule has 2 atom stereocenters. The summed E-state index contributed by atoms with van der Waals surface area (Å²) >= 11 is 0. The van der Waals surface area contributed by atoms with Crippen LogP contribution in [0.4, 0.5) is 0 Å².